The van der Waals surface area contributed by atoms with Crippen LogP contribution in [-0.4, -0.2) is 18.3 Å². The van der Waals surface area contributed by atoms with Crippen molar-refractivity contribution < 1.29 is 4.79 Å². The molecule has 0 aliphatic carbocycles. The predicted octanol–water partition coefficient (Wildman–Crippen LogP) is 4.20. The first kappa shape index (κ1) is 13.4. The molecular formula is C12H15BrClNOS. The molecule has 17 heavy (non-hydrogen) atoms. The molecule has 0 saturated heterocycles. The van der Waals surface area contributed by atoms with Gasteiger partial charge in [-0.25, -0.2) is 0 Å². The molecule has 2 heterocycles. The van der Waals surface area contributed by atoms with Crippen LogP contribution in [0, 0.1) is 0 Å². The Morgan fingerprint density at radius 1 is 1.41 bits per heavy atom. The van der Waals surface area contributed by atoms with Crippen LogP contribution >= 0.6 is 38.9 Å². The molecule has 94 valence electrons. The summed E-state index contributed by atoms with van der Waals surface area (Å²) in [6, 6.07) is 2.07. The molecule has 0 bridgehead atoms. The van der Waals surface area contributed by atoms with Crippen molar-refractivity contribution in [1.29, 1.82) is 0 Å². The minimum Gasteiger partial charge on any atom is -0.311 e. The first-order valence-corrected chi connectivity index (χ1v) is 8.01. The van der Waals surface area contributed by atoms with Crippen molar-refractivity contribution in [1.82, 2.24) is 0 Å². The van der Waals surface area contributed by atoms with Gasteiger partial charge in [-0.15, -0.1) is 22.9 Å². The van der Waals surface area contributed by atoms with Gasteiger partial charge in [0, 0.05) is 23.7 Å². The maximum atomic E-state index is 12.1. The zero-order valence-electron chi connectivity index (χ0n) is 9.55. The molecule has 1 aromatic rings. The summed E-state index contributed by atoms with van der Waals surface area (Å²) in [5.41, 5.74) is 1.11. The van der Waals surface area contributed by atoms with Crippen LogP contribution in [-0.2, 0) is 11.2 Å². The van der Waals surface area contributed by atoms with Gasteiger partial charge in [-0.1, -0.05) is 0 Å². The highest BCUT2D eigenvalue weighted by molar-refractivity contribution is 9.11. The Balaban J connectivity index is 2.17. The highest BCUT2D eigenvalue weighted by Crippen LogP contribution is 2.37. The monoisotopic (exact) mass is 335 g/mol. The van der Waals surface area contributed by atoms with E-state index in [1.807, 2.05) is 4.90 Å². The van der Waals surface area contributed by atoms with Crippen LogP contribution in [0.3, 0.4) is 0 Å². The van der Waals surface area contributed by atoms with Crippen LogP contribution < -0.4 is 4.90 Å². The van der Waals surface area contributed by atoms with E-state index >= 15 is 0 Å². The standard InChI is InChI=1S/C12H15BrClNOS/c13-11-8-9-10(17-11)4-3-5-12(16)15(9)7-2-1-6-14/h8H,1-7H2. The van der Waals surface area contributed by atoms with Crippen LogP contribution in [0.5, 0.6) is 0 Å². The maximum absolute atomic E-state index is 12.1. The van der Waals surface area contributed by atoms with E-state index in [0.29, 0.717) is 12.3 Å². The number of carbonyl (C=O) groups is 1. The van der Waals surface area contributed by atoms with Gasteiger partial charge in [-0.05, 0) is 47.7 Å². The zero-order valence-corrected chi connectivity index (χ0v) is 12.7. The number of amides is 1. The number of carbonyl (C=O) groups excluding carboxylic acids is 1. The molecule has 1 aromatic heterocycles. The lowest BCUT2D eigenvalue weighted by molar-refractivity contribution is -0.118. The van der Waals surface area contributed by atoms with Gasteiger partial charge in [-0.3, -0.25) is 4.79 Å². The number of anilines is 1. The molecule has 0 N–H and O–H groups in total. The van der Waals surface area contributed by atoms with Crippen LogP contribution in [0.25, 0.3) is 0 Å². The Hall–Kier alpha value is -0.0600. The summed E-state index contributed by atoms with van der Waals surface area (Å²) >= 11 is 10.9. The normalized spacial score (nSPS) is 15.9. The molecule has 1 aliphatic heterocycles. The largest absolute Gasteiger partial charge is 0.311 e. The van der Waals surface area contributed by atoms with Gasteiger partial charge in [0.15, 0.2) is 0 Å². The molecule has 0 saturated carbocycles. The number of halogens is 2. The zero-order chi connectivity index (χ0) is 12.3. The quantitative estimate of drug-likeness (QED) is 0.596. The topological polar surface area (TPSA) is 20.3 Å². The van der Waals surface area contributed by atoms with Gasteiger partial charge in [-0.2, -0.15) is 0 Å². The molecule has 2 rings (SSSR count). The predicted molar refractivity (Wildman–Crippen MR) is 77.3 cm³/mol. The van der Waals surface area contributed by atoms with E-state index in [1.165, 1.54) is 4.88 Å². The second-order valence-electron chi connectivity index (χ2n) is 4.15. The molecule has 0 spiro atoms. The molecule has 5 heteroatoms. The van der Waals surface area contributed by atoms with Crippen molar-refractivity contribution in [3.05, 3.63) is 14.7 Å². The Morgan fingerprint density at radius 2 is 2.24 bits per heavy atom. The maximum Gasteiger partial charge on any atom is 0.227 e. The first-order chi connectivity index (χ1) is 8.22. The van der Waals surface area contributed by atoms with Crippen molar-refractivity contribution in [2.75, 3.05) is 17.3 Å². The Morgan fingerprint density at radius 3 is 3.00 bits per heavy atom. The fourth-order valence-electron chi connectivity index (χ4n) is 2.07. The summed E-state index contributed by atoms with van der Waals surface area (Å²) < 4.78 is 1.11. The third-order valence-electron chi connectivity index (χ3n) is 2.91. The van der Waals surface area contributed by atoms with Crippen LogP contribution in [0.15, 0.2) is 9.85 Å². The van der Waals surface area contributed by atoms with Crippen LogP contribution in [0.1, 0.15) is 30.6 Å². The summed E-state index contributed by atoms with van der Waals surface area (Å²) in [5, 5.41) is 0. The Kier molecular flexibility index (Phi) is 4.88. The molecule has 0 radical (unpaired) electrons. The third-order valence-corrected chi connectivity index (χ3v) is 4.86. The molecule has 2 nitrogen and oxygen atoms in total. The van der Waals surface area contributed by atoms with E-state index in [0.717, 1.165) is 41.7 Å². The number of rotatable bonds is 4. The summed E-state index contributed by atoms with van der Waals surface area (Å²) in [5.74, 6) is 0.922. The highest BCUT2D eigenvalue weighted by atomic mass is 79.9. The number of fused-ring (bicyclic) bond motifs is 1. The minimum absolute atomic E-state index is 0.253. The fraction of sp³-hybridized carbons (Fsp3) is 0.583. The van der Waals surface area contributed by atoms with Crippen molar-refractivity contribution in [2.24, 2.45) is 0 Å². The van der Waals surface area contributed by atoms with Crippen molar-refractivity contribution in [2.45, 2.75) is 32.1 Å². The second kappa shape index (κ2) is 6.21. The fourth-order valence-corrected chi connectivity index (χ4v) is 3.99. The molecule has 0 atom stereocenters. The lowest BCUT2D eigenvalue weighted by Gasteiger charge is -2.20. The highest BCUT2D eigenvalue weighted by Gasteiger charge is 2.23. The number of aryl methyl sites for hydroxylation is 1. The van der Waals surface area contributed by atoms with Gasteiger partial charge in [0.25, 0.3) is 0 Å². The molecule has 0 unspecified atom stereocenters. The number of hydrogen-bond donors (Lipinski definition) is 0. The molecule has 0 aromatic carbocycles. The number of thiophene rings is 1. The Bertz CT molecular complexity index is 407. The number of nitrogens with zero attached hydrogens (tertiary/aromatic N) is 1. The van der Waals surface area contributed by atoms with E-state index in [-0.39, 0.29) is 5.91 Å². The van der Waals surface area contributed by atoms with E-state index in [1.54, 1.807) is 11.3 Å². The summed E-state index contributed by atoms with van der Waals surface area (Å²) in [6.07, 6.45) is 4.59. The number of hydrogen-bond acceptors (Lipinski definition) is 2. The summed E-state index contributed by atoms with van der Waals surface area (Å²) in [4.78, 5) is 15.3. The van der Waals surface area contributed by atoms with Crippen molar-refractivity contribution in [3.8, 4) is 0 Å². The van der Waals surface area contributed by atoms with Crippen molar-refractivity contribution >= 4 is 50.5 Å². The van der Waals surface area contributed by atoms with E-state index in [2.05, 4.69) is 22.0 Å². The average molecular weight is 337 g/mol. The Labute approximate surface area is 119 Å². The van der Waals surface area contributed by atoms with E-state index in [4.69, 9.17) is 11.6 Å². The van der Waals surface area contributed by atoms with Crippen LogP contribution in [0.2, 0.25) is 0 Å². The van der Waals surface area contributed by atoms with Gasteiger partial charge < -0.3 is 4.90 Å². The summed E-state index contributed by atoms with van der Waals surface area (Å²) in [6.45, 7) is 0.793. The first-order valence-electron chi connectivity index (χ1n) is 5.87. The van der Waals surface area contributed by atoms with Gasteiger partial charge >= 0.3 is 0 Å². The van der Waals surface area contributed by atoms with Gasteiger partial charge in [0.1, 0.15) is 0 Å². The average Bonchev–Trinajstić information content (AvgIpc) is 2.59. The van der Waals surface area contributed by atoms with Crippen LogP contribution in [0.4, 0.5) is 5.69 Å². The van der Waals surface area contributed by atoms with Gasteiger partial charge in [0.2, 0.25) is 5.91 Å². The molecule has 1 aliphatic rings. The molecule has 1 amide bonds. The molecular weight excluding hydrogens is 322 g/mol. The lowest BCUT2D eigenvalue weighted by Crippen LogP contribution is -2.30. The number of alkyl halides is 1. The van der Waals surface area contributed by atoms with E-state index < -0.39 is 0 Å². The van der Waals surface area contributed by atoms with E-state index in [9.17, 15) is 4.79 Å². The van der Waals surface area contributed by atoms with Crippen molar-refractivity contribution in [3.63, 3.8) is 0 Å². The minimum atomic E-state index is 0.253. The SMILES string of the molecule is O=C1CCCc2sc(Br)cc2N1CCCCCl. The number of unbranched alkanes of at least 4 members (excludes halogenated alkanes) is 1. The lowest BCUT2D eigenvalue weighted by atomic mass is 10.2. The second-order valence-corrected chi connectivity index (χ2v) is 7.05. The smallest absolute Gasteiger partial charge is 0.227 e. The van der Waals surface area contributed by atoms with Gasteiger partial charge in [0.05, 0.1) is 9.47 Å². The molecule has 0 fully saturated rings. The third kappa shape index (κ3) is 3.24. The summed E-state index contributed by atoms with van der Waals surface area (Å²) in [7, 11) is 0.